The smallest absolute Gasteiger partial charge is 0.256 e. The Bertz CT molecular complexity index is 1530. The van der Waals surface area contributed by atoms with Gasteiger partial charge in [0.15, 0.2) is 15.5 Å². The maximum atomic E-state index is 13.4. The van der Waals surface area contributed by atoms with Gasteiger partial charge in [-0.2, -0.15) is 5.10 Å². The molecular formula is C26H25FN4O3S. The number of hydrogen-bond acceptors (Lipinski definition) is 5. The highest BCUT2D eigenvalue weighted by molar-refractivity contribution is 7.91. The van der Waals surface area contributed by atoms with E-state index in [4.69, 9.17) is 4.98 Å². The molecule has 1 N–H and O–H groups in total. The van der Waals surface area contributed by atoms with Crippen molar-refractivity contribution in [2.24, 2.45) is 0 Å². The minimum absolute atomic E-state index is 0.00255. The first kappa shape index (κ1) is 23.2. The number of aromatic nitrogens is 3. The first-order chi connectivity index (χ1) is 16.7. The second-order valence-corrected chi connectivity index (χ2v) is 11.1. The standard InChI is InChI=1S/C26H25FN4O3S/c1-3-17-4-6-18(7-5-17)23-14-22(26(32)28-20-10-8-19(27)9-11-20)24-16(2)30-31(25(24)29-23)21-12-13-35(33,34)15-21/h4-11,14,21H,3,12-13,15H2,1-2H3,(H,28,32). The summed E-state index contributed by atoms with van der Waals surface area (Å²) in [6.07, 6.45) is 1.35. The molecule has 0 saturated carbocycles. The summed E-state index contributed by atoms with van der Waals surface area (Å²) in [4.78, 5) is 18.3. The number of hydrogen-bond donors (Lipinski definition) is 1. The van der Waals surface area contributed by atoms with E-state index in [0.717, 1.165) is 12.0 Å². The van der Waals surface area contributed by atoms with Crippen molar-refractivity contribution in [3.05, 3.63) is 77.2 Å². The van der Waals surface area contributed by atoms with E-state index in [1.165, 1.54) is 29.8 Å². The topological polar surface area (TPSA) is 94.0 Å². The molecule has 9 heteroatoms. The molecule has 0 radical (unpaired) electrons. The minimum atomic E-state index is -3.14. The van der Waals surface area contributed by atoms with E-state index in [1.54, 1.807) is 17.7 Å². The monoisotopic (exact) mass is 492 g/mol. The van der Waals surface area contributed by atoms with Crippen LogP contribution >= 0.6 is 0 Å². The summed E-state index contributed by atoms with van der Waals surface area (Å²) in [6, 6.07) is 14.9. The van der Waals surface area contributed by atoms with Crippen molar-refractivity contribution >= 4 is 32.5 Å². The predicted molar refractivity (Wildman–Crippen MR) is 134 cm³/mol. The Hall–Kier alpha value is -3.59. The van der Waals surface area contributed by atoms with Crippen LogP contribution in [-0.2, 0) is 16.3 Å². The lowest BCUT2D eigenvalue weighted by atomic mass is 10.0. The zero-order chi connectivity index (χ0) is 24.7. The molecule has 0 spiro atoms. The van der Waals surface area contributed by atoms with Gasteiger partial charge in [0.05, 0.1) is 39.9 Å². The summed E-state index contributed by atoms with van der Waals surface area (Å²) < 4.78 is 39.3. The Balaban J connectivity index is 1.66. The number of carbonyl (C=O) groups is 1. The van der Waals surface area contributed by atoms with Crippen LogP contribution in [0.15, 0.2) is 54.6 Å². The highest BCUT2D eigenvalue weighted by Gasteiger charge is 2.32. The average molecular weight is 493 g/mol. The molecule has 5 rings (SSSR count). The van der Waals surface area contributed by atoms with Crippen LogP contribution in [0.25, 0.3) is 22.3 Å². The molecule has 2 aromatic carbocycles. The number of carbonyl (C=O) groups excluding carboxylic acids is 1. The van der Waals surface area contributed by atoms with Crippen molar-refractivity contribution < 1.29 is 17.6 Å². The van der Waals surface area contributed by atoms with Crippen LogP contribution in [-0.4, -0.2) is 40.6 Å². The van der Waals surface area contributed by atoms with E-state index in [1.807, 2.05) is 24.3 Å². The van der Waals surface area contributed by atoms with Gasteiger partial charge in [-0.3, -0.25) is 4.79 Å². The van der Waals surface area contributed by atoms with Crippen LogP contribution in [0.4, 0.5) is 10.1 Å². The molecule has 1 aliphatic heterocycles. The van der Waals surface area contributed by atoms with Gasteiger partial charge < -0.3 is 5.32 Å². The number of nitrogens with one attached hydrogen (secondary N) is 1. The third-order valence-corrected chi connectivity index (χ3v) is 8.15. The molecular weight excluding hydrogens is 467 g/mol. The lowest BCUT2D eigenvalue weighted by Gasteiger charge is -2.13. The number of benzene rings is 2. The van der Waals surface area contributed by atoms with Gasteiger partial charge in [0, 0.05) is 11.3 Å². The Morgan fingerprint density at radius 2 is 1.86 bits per heavy atom. The van der Waals surface area contributed by atoms with Crippen molar-refractivity contribution in [1.82, 2.24) is 14.8 Å². The molecule has 1 unspecified atom stereocenters. The summed E-state index contributed by atoms with van der Waals surface area (Å²) in [7, 11) is -3.14. The second kappa shape index (κ2) is 8.88. The Kier molecular flexibility index (Phi) is 5.88. The van der Waals surface area contributed by atoms with Crippen LogP contribution in [0.1, 0.15) is 41.0 Å². The molecule has 2 aromatic heterocycles. The minimum Gasteiger partial charge on any atom is -0.322 e. The normalized spacial score (nSPS) is 17.1. The van der Waals surface area contributed by atoms with Gasteiger partial charge >= 0.3 is 0 Å². The summed E-state index contributed by atoms with van der Waals surface area (Å²) in [5.41, 5.74) is 4.51. The van der Waals surface area contributed by atoms with Crippen LogP contribution in [0.3, 0.4) is 0 Å². The molecule has 1 saturated heterocycles. The highest BCUT2D eigenvalue weighted by atomic mass is 32.2. The number of rotatable bonds is 5. The molecule has 1 amide bonds. The molecule has 0 aliphatic carbocycles. The lowest BCUT2D eigenvalue weighted by molar-refractivity contribution is 0.102. The zero-order valence-corrected chi connectivity index (χ0v) is 20.3. The predicted octanol–water partition coefficient (Wildman–Crippen LogP) is 4.72. The van der Waals surface area contributed by atoms with Crippen molar-refractivity contribution in [2.45, 2.75) is 32.7 Å². The van der Waals surface area contributed by atoms with E-state index in [-0.39, 0.29) is 23.5 Å². The molecule has 7 nitrogen and oxygen atoms in total. The van der Waals surface area contributed by atoms with Gasteiger partial charge in [-0.1, -0.05) is 31.2 Å². The quantitative estimate of drug-likeness (QED) is 0.435. The third kappa shape index (κ3) is 4.55. The SMILES string of the molecule is CCc1ccc(-c2cc(C(=O)Nc3ccc(F)cc3)c3c(C)nn(C4CCS(=O)(=O)C4)c3n2)cc1. The number of nitrogens with zero attached hydrogens (tertiary/aromatic N) is 3. The fraction of sp³-hybridized carbons (Fsp3) is 0.269. The number of halogens is 1. The van der Waals surface area contributed by atoms with Crippen LogP contribution < -0.4 is 5.32 Å². The van der Waals surface area contributed by atoms with Crippen molar-refractivity contribution in [2.75, 3.05) is 16.8 Å². The summed E-state index contributed by atoms with van der Waals surface area (Å²) >= 11 is 0. The summed E-state index contributed by atoms with van der Waals surface area (Å²) in [5, 5.41) is 8.02. The molecule has 180 valence electrons. The molecule has 35 heavy (non-hydrogen) atoms. The van der Waals surface area contributed by atoms with Gasteiger partial charge in [-0.25, -0.2) is 22.5 Å². The Morgan fingerprint density at radius 1 is 1.14 bits per heavy atom. The number of pyridine rings is 1. The number of anilines is 1. The van der Waals surface area contributed by atoms with E-state index < -0.39 is 15.7 Å². The number of aryl methyl sites for hydroxylation is 2. The van der Waals surface area contributed by atoms with Crippen LogP contribution in [0.5, 0.6) is 0 Å². The number of fused-ring (bicyclic) bond motifs is 1. The lowest BCUT2D eigenvalue weighted by Crippen LogP contribution is -2.15. The Labute approximate surface area is 202 Å². The first-order valence-electron chi connectivity index (χ1n) is 11.5. The fourth-order valence-electron chi connectivity index (χ4n) is 4.51. The number of sulfone groups is 1. The largest absolute Gasteiger partial charge is 0.322 e. The second-order valence-electron chi connectivity index (χ2n) is 8.85. The zero-order valence-electron chi connectivity index (χ0n) is 19.5. The summed E-state index contributed by atoms with van der Waals surface area (Å²) in [5.74, 6) is -0.668. The average Bonchev–Trinajstić information content (AvgIpc) is 3.38. The summed E-state index contributed by atoms with van der Waals surface area (Å²) in [6.45, 7) is 3.86. The van der Waals surface area contributed by atoms with Crippen LogP contribution in [0.2, 0.25) is 0 Å². The van der Waals surface area contributed by atoms with Crippen molar-refractivity contribution in [1.29, 1.82) is 0 Å². The molecule has 3 heterocycles. The maximum Gasteiger partial charge on any atom is 0.256 e. The van der Waals surface area contributed by atoms with Crippen molar-refractivity contribution in [3.8, 4) is 11.3 Å². The van der Waals surface area contributed by atoms with Gasteiger partial charge in [0.2, 0.25) is 0 Å². The molecule has 4 aromatic rings. The van der Waals surface area contributed by atoms with Crippen molar-refractivity contribution in [3.63, 3.8) is 0 Å². The van der Waals surface area contributed by atoms with Gasteiger partial charge in [0.1, 0.15) is 5.82 Å². The van der Waals surface area contributed by atoms with Gasteiger partial charge in [-0.15, -0.1) is 0 Å². The van der Waals surface area contributed by atoms with E-state index in [9.17, 15) is 17.6 Å². The van der Waals surface area contributed by atoms with E-state index in [2.05, 4.69) is 17.3 Å². The molecule has 0 bridgehead atoms. The third-order valence-electron chi connectivity index (χ3n) is 6.40. The first-order valence-corrected chi connectivity index (χ1v) is 13.3. The molecule has 1 fully saturated rings. The van der Waals surface area contributed by atoms with Gasteiger partial charge in [0.25, 0.3) is 5.91 Å². The maximum absolute atomic E-state index is 13.4. The number of amides is 1. The van der Waals surface area contributed by atoms with E-state index >= 15 is 0 Å². The Morgan fingerprint density at radius 3 is 2.49 bits per heavy atom. The fourth-order valence-corrected chi connectivity index (χ4v) is 6.20. The van der Waals surface area contributed by atoms with E-state index in [0.29, 0.717) is 40.1 Å². The van der Waals surface area contributed by atoms with Gasteiger partial charge in [-0.05, 0) is 55.7 Å². The molecule has 1 aliphatic rings. The highest BCUT2D eigenvalue weighted by Crippen LogP contribution is 2.32. The van der Waals surface area contributed by atoms with Crippen LogP contribution in [0, 0.1) is 12.7 Å². The molecule has 1 atom stereocenters.